The number of carbonyl (C=O) groups excluding carboxylic acids is 1. The molecule has 1 saturated carbocycles. The van der Waals surface area contributed by atoms with Gasteiger partial charge in [-0.15, -0.1) is 0 Å². The summed E-state index contributed by atoms with van der Waals surface area (Å²) in [6, 6.07) is 0. The van der Waals surface area contributed by atoms with Crippen molar-refractivity contribution in [1.29, 1.82) is 0 Å². The third kappa shape index (κ3) is 5.09. The smallest absolute Gasteiger partial charge is 0.332 e. The van der Waals surface area contributed by atoms with Crippen LogP contribution in [-0.2, 0) is 9.53 Å². The average molecular weight is 347 g/mol. The van der Waals surface area contributed by atoms with E-state index in [-0.39, 0.29) is 11.1 Å². The highest BCUT2D eigenvalue weighted by Crippen LogP contribution is 2.36. The van der Waals surface area contributed by atoms with E-state index in [9.17, 15) is 13.6 Å². The largest absolute Gasteiger partial charge is 0.436 e. The first kappa shape index (κ1) is 18.0. The predicted octanol–water partition coefficient (Wildman–Crippen LogP) is 4.19. The van der Waals surface area contributed by atoms with Crippen LogP contribution in [0.25, 0.3) is 0 Å². The lowest BCUT2D eigenvalue weighted by Crippen LogP contribution is -2.38. The van der Waals surface area contributed by atoms with E-state index in [1.807, 2.05) is 6.92 Å². The van der Waals surface area contributed by atoms with Crippen LogP contribution < -0.4 is 0 Å². The number of carbonyl (C=O) groups is 1. The molecule has 0 aromatic heterocycles. The fourth-order valence-electron chi connectivity index (χ4n) is 2.74. The van der Waals surface area contributed by atoms with Gasteiger partial charge in [-0.05, 0) is 18.3 Å². The first-order valence-corrected chi connectivity index (χ1v) is 8.23. The maximum atomic E-state index is 12.9. The fourth-order valence-corrected chi connectivity index (χ4v) is 3.15. The summed E-state index contributed by atoms with van der Waals surface area (Å²) in [5.74, 6) is -1.05. The van der Waals surface area contributed by atoms with Crippen LogP contribution in [0.3, 0.4) is 0 Å². The number of hydrogen-bond donors (Lipinski definition) is 0. The number of nitrogens with zero attached hydrogens (tertiary/aromatic N) is 2. The van der Waals surface area contributed by atoms with E-state index in [2.05, 4.69) is 16.6 Å². The molecular weight excluding hydrogens is 326 g/mol. The lowest BCUT2D eigenvalue weighted by molar-refractivity contribution is -0.144. The summed E-state index contributed by atoms with van der Waals surface area (Å²) in [7, 11) is 0. The zero-order valence-electron chi connectivity index (χ0n) is 13.1. The molecule has 1 aliphatic carbocycles. The van der Waals surface area contributed by atoms with Crippen LogP contribution in [0.2, 0.25) is 0 Å². The van der Waals surface area contributed by atoms with Crippen molar-refractivity contribution in [2.45, 2.75) is 51.7 Å². The first-order chi connectivity index (χ1) is 10.9. The summed E-state index contributed by atoms with van der Waals surface area (Å²) in [6.07, 6.45) is 2.67. The van der Waals surface area contributed by atoms with Crippen molar-refractivity contribution in [3.63, 3.8) is 0 Å². The molecule has 0 spiro atoms. The van der Waals surface area contributed by atoms with E-state index in [1.54, 1.807) is 0 Å². The molecule has 0 bridgehead atoms. The van der Waals surface area contributed by atoms with Crippen LogP contribution >= 0.6 is 11.6 Å². The summed E-state index contributed by atoms with van der Waals surface area (Å²) in [6.45, 7) is 5.26. The molecule has 0 aromatic carbocycles. The Kier molecular flexibility index (Phi) is 6.27. The van der Waals surface area contributed by atoms with Crippen molar-refractivity contribution in [2.24, 2.45) is 27.7 Å². The molecule has 0 amide bonds. The van der Waals surface area contributed by atoms with Gasteiger partial charge in [0.15, 0.2) is 5.84 Å². The topological polar surface area (TPSA) is 51.0 Å². The predicted molar refractivity (Wildman–Crippen MR) is 86.0 cm³/mol. The quantitative estimate of drug-likeness (QED) is 0.489. The summed E-state index contributed by atoms with van der Waals surface area (Å²) >= 11 is 6.11. The van der Waals surface area contributed by atoms with E-state index in [0.717, 1.165) is 31.3 Å². The number of alkyl halides is 2. The van der Waals surface area contributed by atoms with Crippen molar-refractivity contribution >= 4 is 28.6 Å². The van der Waals surface area contributed by atoms with Gasteiger partial charge in [0.2, 0.25) is 6.23 Å². The van der Waals surface area contributed by atoms with E-state index >= 15 is 0 Å². The van der Waals surface area contributed by atoms with E-state index in [1.165, 1.54) is 12.8 Å². The zero-order chi connectivity index (χ0) is 17.0. The molecule has 0 N–H and O–H groups in total. The number of amidine groups is 1. The summed E-state index contributed by atoms with van der Waals surface area (Å²) < 4.78 is 30.8. The van der Waals surface area contributed by atoms with Crippen molar-refractivity contribution in [3.8, 4) is 0 Å². The minimum absolute atomic E-state index is 0.0237. The van der Waals surface area contributed by atoms with Gasteiger partial charge < -0.3 is 4.74 Å². The minimum atomic E-state index is -2.86. The summed E-state index contributed by atoms with van der Waals surface area (Å²) in [5.41, 5.74) is 0. The van der Waals surface area contributed by atoms with Gasteiger partial charge in [-0.3, -0.25) is 0 Å². The van der Waals surface area contributed by atoms with Gasteiger partial charge in [-0.2, -0.15) is 0 Å². The Balaban J connectivity index is 2.07. The molecule has 2 aliphatic rings. The Labute approximate surface area is 139 Å². The first-order valence-electron chi connectivity index (χ1n) is 7.85. The fraction of sp³-hybridized carbons (Fsp3) is 0.688. The second kappa shape index (κ2) is 7.99. The highest BCUT2D eigenvalue weighted by atomic mass is 35.5. The van der Waals surface area contributed by atoms with Gasteiger partial charge >= 0.3 is 5.97 Å². The van der Waals surface area contributed by atoms with Crippen molar-refractivity contribution in [1.82, 2.24) is 0 Å². The lowest BCUT2D eigenvalue weighted by atomic mass is 9.87. The Hall–Kier alpha value is -1.30. The van der Waals surface area contributed by atoms with Crippen LogP contribution in [0.4, 0.5) is 8.78 Å². The molecule has 1 heterocycles. The van der Waals surface area contributed by atoms with Crippen molar-refractivity contribution < 1.29 is 18.3 Å². The van der Waals surface area contributed by atoms with Crippen LogP contribution in [0.5, 0.6) is 0 Å². The molecule has 0 radical (unpaired) electrons. The molecule has 23 heavy (non-hydrogen) atoms. The van der Waals surface area contributed by atoms with Gasteiger partial charge in [-0.1, -0.05) is 50.8 Å². The lowest BCUT2D eigenvalue weighted by Gasteiger charge is -2.30. The Morgan fingerprint density at radius 3 is 2.78 bits per heavy atom. The van der Waals surface area contributed by atoms with Crippen LogP contribution in [0, 0.1) is 17.8 Å². The number of hydrogen-bond acceptors (Lipinski definition) is 4. The zero-order valence-corrected chi connectivity index (χ0v) is 13.8. The normalized spacial score (nSPS) is 25.6. The second-order valence-electron chi connectivity index (χ2n) is 6.13. The van der Waals surface area contributed by atoms with Crippen LogP contribution in [0.1, 0.15) is 39.0 Å². The monoisotopic (exact) mass is 346 g/mol. The van der Waals surface area contributed by atoms with Crippen LogP contribution in [-0.4, -0.2) is 29.6 Å². The number of halogens is 3. The number of ether oxygens (including phenoxy) is 1. The molecule has 2 rings (SSSR count). The average Bonchev–Trinajstić information content (AvgIpc) is 3.30. The molecular formula is C16H21ClF2N2O2. The third-order valence-electron chi connectivity index (χ3n) is 4.24. The molecule has 1 fully saturated rings. The molecule has 3 unspecified atom stereocenters. The van der Waals surface area contributed by atoms with Crippen molar-refractivity contribution in [3.05, 3.63) is 12.7 Å². The molecule has 0 saturated heterocycles. The van der Waals surface area contributed by atoms with Crippen LogP contribution in [0.15, 0.2) is 22.6 Å². The summed E-state index contributed by atoms with van der Waals surface area (Å²) in [4.78, 5) is 18.9. The maximum Gasteiger partial charge on any atom is 0.332 e. The van der Waals surface area contributed by atoms with Gasteiger partial charge in [0.25, 0.3) is 6.43 Å². The Bertz CT molecular complexity index is 518. The molecule has 1 aliphatic heterocycles. The molecule has 3 atom stereocenters. The van der Waals surface area contributed by atoms with E-state index in [0.29, 0.717) is 0 Å². The Morgan fingerprint density at radius 2 is 2.22 bits per heavy atom. The molecule has 4 nitrogen and oxygen atoms in total. The van der Waals surface area contributed by atoms with E-state index in [4.69, 9.17) is 16.3 Å². The van der Waals surface area contributed by atoms with Gasteiger partial charge in [0, 0.05) is 6.08 Å². The highest BCUT2D eigenvalue weighted by molar-refractivity contribution is 6.66. The highest BCUT2D eigenvalue weighted by Gasteiger charge is 2.37. The maximum absolute atomic E-state index is 12.9. The number of aliphatic imine (C=N–C) groups is 2. The number of rotatable bonds is 8. The van der Waals surface area contributed by atoms with E-state index < -0.39 is 30.4 Å². The standard InChI is InChI=1S/C16H21ClF2N2O2/c1-3-11(22)23-16-12(9(2)5-4-6-10-7-8-10)13(17)20-15(21-16)14(18)19/h3,9-10,12,14,16H,1,4-8H2,2H3. The van der Waals surface area contributed by atoms with Gasteiger partial charge in [-0.25, -0.2) is 23.6 Å². The number of esters is 1. The molecule has 128 valence electrons. The molecule has 7 heteroatoms. The van der Waals surface area contributed by atoms with Crippen molar-refractivity contribution in [2.75, 3.05) is 0 Å². The van der Waals surface area contributed by atoms with Gasteiger partial charge in [0.05, 0.1) is 5.92 Å². The molecule has 0 aromatic rings. The van der Waals surface area contributed by atoms with Gasteiger partial charge in [0.1, 0.15) is 5.17 Å². The second-order valence-corrected chi connectivity index (χ2v) is 6.52. The Morgan fingerprint density at radius 1 is 1.52 bits per heavy atom. The SMILES string of the molecule is C=CC(=O)OC1N=C(C(F)F)N=C(Cl)C1C(C)CCCC1CC1. The third-order valence-corrected chi connectivity index (χ3v) is 4.58. The minimum Gasteiger partial charge on any atom is -0.436 e. The summed E-state index contributed by atoms with van der Waals surface area (Å²) in [5, 5.41) is 0.0242.